The molecule has 0 radical (unpaired) electrons. The first kappa shape index (κ1) is 27.0. The Morgan fingerprint density at radius 1 is 0.730 bits per heavy atom. The third-order valence-corrected chi connectivity index (χ3v) is 7.18. The number of nitrogens with zero attached hydrogens (tertiary/aromatic N) is 2. The van der Waals surface area contributed by atoms with Crippen LogP contribution in [-0.4, -0.2) is 80.6 Å². The van der Waals surface area contributed by atoms with Crippen LogP contribution in [0.15, 0.2) is 78.9 Å². The van der Waals surface area contributed by atoms with Gasteiger partial charge in [-0.05, 0) is 47.5 Å². The van der Waals surface area contributed by atoms with E-state index >= 15 is 0 Å². The molecule has 0 bridgehead atoms. The number of β-amino-alcohol motifs (C(OH)–C–C–N with tert-alkyl or cyclic N) is 1. The Hall–Kier alpha value is -3.06. The van der Waals surface area contributed by atoms with Gasteiger partial charge in [0.1, 0.15) is 36.6 Å². The molecule has 3 aromatic rings. The number of hydrogen-bond donors (Lipinski definition) is 1. The average Bonchev–Trinajstić information content (AvgIpc) is 2.94. The summed E-state index contributed by atoms with van der Waals surface area (Å²) in [7, 11) is 1.66. The zero-order valence-electron chi connectivity index (χ0n) is 22.3. The van der Waals surface area contributed by atoms with Crippen molar-refractivity contribution in [3.63, 3.8) is 0 Å². The van der Waals surface area contributed by atoms with Gasteiger partial charge in [-0.15, -0.1) is 0 Å². The van der Waals surface area contributed by atoms with E-state index in [-0.39, 0.29) is 12.0 Å². The fraction of sp³-hybridized carbons (Fsp3) is 0.419. The highest BCUT2D eigenvalue weighted by Crippen LogP contribution is 2.32. The predicted octanol–water partition coefficient (Wildman–Crippen LogP) is 4.46. The fourth-order valence-electron chi connectivity index (χ4n) is 4.69. The summed E-state index contributed by atoms with van der Waals surface area (Å²) >= 11 is 0. The molecular formula is C31H40N2O4. The zero-order chi connectivity index (χ0) is 26.1. The number of aliphatic hydroxyl groups is 1. The number of aliphatic hydroxyl groups excluding tert-OH is 1. The molecule has 6 nitrogen and oxygen atoms in total. The number of ether oxygens (including phenoxy) is 3. The van der Waals surface area contributed by atoms with E-state index in [0.717, 1.165) is 50.0 Å². The van der Waals surface area contributed by atoms with E-state index < -0.39 is 6.10 Å². The van der Waals surface area contributed by atoms with Gasteiger partial charge in [-0.1, -0.05) is 56.3 Å². The van der Waals surface area contributed by atoms with Crippen molar-refractivity contribution < 1.29 is 19.3 Å². The monoisotopic (exact) mass is 504 g/mol. The third kappa shape index (κ3) is 7.71. The van der Waals surface area contributed by atoms with Crippen molar-refractivity contribution in [1.82, 2.24) is 9.80 Å². The minimum atomic E-state index is -0.523. The molecular weight excluding hydrogens is 464 g/mol. The second-order valence-electron chi connectivity index (χ2n) is 10.1. The Balaban J connectivity index is 1.14. The minimum Gasteiger partial charge on any atom is -0.497 e. The highest BCUT2D eigenvalue weighted by molar-refractivity contribution is 5.40. The minimum absolute atomic E-state index is 0.0801. The number of piperazine rings is 1. The molecule has 0 aromatic heterocycles. The predicted molar refractivity (Wildman–Crippen MR) is 148 cm³/mol. The lowest BCUT2D eigenvalue weighted by molar-refractivity contribution is 0.0436. The van der Waals surface area contributed by atoms with Crippen LogP contribution in [0.5, 0.6) is 17.2 Å². The first-order chi connectivity index (χ1) is 17.9. The van der Waals surface area contributed by atoms with Gasteiger partial charge < -0.3 is 19.3 Å². The molecule has 1 saturated heterocycles. The van der Waals surface area contributed by atoms with Gasteiger partial charge in [-0.3, -0.25) is 9.80 Å². The average molecular weight is 505 g/mol. The molecule has 4 rings (SSSR count). The van der Waals surface area contributed by atoms with Crippen LogP contribution < -0.4 is 14.2 Å². The molecule has 0 saturated carbocycles. The van der Waals surface area contributed by atoms with Crippen LogP contribution in [0.4, 0.5) is 0 Å². The molecule has 1 unspecified atom stereocenters. The molecule has 1 atom stereocenters. The number of hydrogen-bond acceptors (Lipinski definition) is 6. The highest BCUT2D eigenvalue weighted by Gasteiger charge is 2.23. The SMILES string of the molecule is COc1ccc(OCCN2CCN(CC(O)COc3ccc(C(C)(C)c4ccccc4)cc3)CC2)cc1. The van der Waals surface area contributed by atoms with Crippen LogP contribution in [0.3, 0.4) is 0 Å². The molecule has 0 spiro atoms. The van der Waals surface area contributed by atoms with Gasteiger partial charge in [0.2, 0.25) is 0 Å². The Bertz CT molecular complexity index is 1060. The maximum atomic E-state index is 10.6. The molecule has 6 heteroatoms. The number of benzene rings is 3. The molecule has 1 fully saturated rings. The summed E-state index contributed by atoms with van der Waals surface area (Å²) in [5.74, 6) is 2.47. The van der Waals surface area contributed by atoms with Crippen LogP contribution >= 0.6 is 0 Å². The second-order valence-corrected chi connectivity index (χ2v) is 10.1. The fourth-order valence-corrected chi connectivity index (χ4v) is 4.69. The molecule has 198 valence electrons. The Labute approximate surface area is 221 Å². The van der Waals surface area contributed by atoms with Crippen LogP contribution in [0.1, 0.15) is 25.0 Å². The molecule has 0 aliphatic carbocycles. The first-order valence-electron chi connectivity index (χ1n) is 13.1. The summed E-state index contributed by atoms with van der Waals surface area (Å²) in [4.78, 5) is 4.71. The lowest BCUT2D eigenvalue weighted by Crippen LogP contribution is -2.50. The molecule has 1 aliphatic heterocycles. The van der Waals surface area contributed by atoms with Crippen molar-refractivity contribution >= 4 is 0 Å². The van der Waals surface area contributed by atoms with E-state index in [9.17, 15) is 5.11 Å². The summed E-state index contributed by atoms with van der Waals surface area (Å²) in [5.41, 5.74) is 2.44. The Morgan fingerprint density at radius 2 is 1.27 bits per heavy atom. The normalized spacial score (nSPS) is 15.8. The molecule has 3 aromatic carbocycles. The second kappa shape index (κ2) is 13.0. The van der Waals surface area contributed by atoms with Crippen molar-refractivity contribution in [2.24, 2.45) is 0 Å². The van der Waals surface area contributed by atoms with Crippen molar-refractivity contribution in [3.8, 4) is 17.2 Å². The lowest BCUT2D eigenvalue weighted by Gasteiger charge is -2.35. The van der Waals surface area contributed by atoms with E-state index in [1.54, 1.807) is 7.11 Å². The summed E-state index contributed by atoms with van der Waals surface area (Å²) < 4.78 is 16.9. The van der Waals surface area contributed by atoms with Crippen molar-refractivity contribution in [1.29, 1.82) is 0 Å². The van der Waals surface area contributed by atoms with Gasteiger partial charge in [0, 0.05) is 44.7 Å². The van der Waals surface area contributed by atoms with Gasteiger partial charge >= 0.3 is 0 Å². The summed E-state index contributed by atoms with van der Waals surface area (Å²) in [5, 5.41) is 10.6. The van der Waals surface area contributed by atoms with E-state index in [4.69, 9.17) is 14.2 Å². The molecule has 37 heavy (non-hydrogen) atoms. The van der Waals surface area contributed by atoms with Crippen LogP contribution in [-0.2, 0) is 5.41 Å². The summed E-state index contributed by atoms with van der Waals surface area (Å²) in [6.07, 6.45) is -0.523. The van der Waals surface area contributed by atoms with Crippen LogP contribution in [0, 0.1) is 0 Å². The molecule has 0 amide bonds. The largest absolute Gasteiger partial charge is 0.497 e. The zero-order valence-corrected chi connectivity index (χ0v) is 22.3. The maximum Gasteiger partial charge on any atom is 0.119 e. The topological polar surface area (TPSA) is 54.4 Å². The van der Waals surface area contributed by atoms with Gasteiger partial charge in [0.25, 0.3) is 0 Å². The van der Waals surface area contributed by atoms with Crippen molar-refractivity contribution in [3.05, 3.63) is 90.0 Å². The van der Waals surface area contributed by atoms with E-state index in [1.807, 2.05) is 42.5 Å². The summed E-state index contributed by atoms with van der Waals surface area (Å²) in [6, 6.07) is 26.4. The Kier molecular flexibility index (Phi) is 9.45. The molecule has 1 aliphatic rings. The van der Waals surface area contributed by atoms with E-state index in [0.29, 0.717) is 13.2 Å². The first-order valence-corrected chi connectivity index (χ1v) is 13.1. The van der Waals surface area contributed by atoms with Crippen molar-refractivity contribution in [2.45, 2.75) is 25.4 Å². The standard InChI is InChI=1S/C31H40N2O4/c1-31(2,25-7-5-4-6-8-25)26-9-11-30(12-10-26)37-24-27(34)23-33-19-17-32(18-20-33)21-22-36-29-15-13-28(35-3)14-16-29/h4-16,27,34H,17-24H2,1-3H3. The van der Waals surface area contributed by atoms with Crippen LogP contribution in [0.2, 0.25) is 0 Å². The van der Waals surface area contributed by atoms with Crippen molar-refractivity contribution in [2.75, 3.05) is 59.6 Å². The lowest BCUT2D eigenvalue weighted by atomic mass is 9.78. The maximum absolute atomic E-state index is 10.6. The summed E-state index contributed by atoms with van der Waals surface area (Å²) in [6.45, 7) is 10.7. The van der Waals surface area contributed by atoms with Gasteiger partial charge in [0.05, 0.1) is 7.11 Å². The molecule has 1 heterocycles. The smallest absolute Gasteiger partial charge is 0.119 e. The highest BCUT2D eigenvalue weighted by atomic mass is 16.5. The third-order valence-electron chi connectivity index (χ3n) is 7.18. The van der Waals surface area contributed by atoms with E-state index in [1.165, 1.54) is 11.1 Å². The van der Waals surface area contributed by atoms with Gasteiger partial charge in [-0.25, -0.2) is 0 Å². The number of methoxy groups -OCH3 is 1. The number of rotatable bonds is 12. The van der Waals surface area contributed by atoms with Crippen LogP contribution in [0.25, 0.3) is 0 Å². The Morgan fingerprint density at radius 3 is 1.92 bits per heavy atom. The van der Waals surface area contributed by atoms with E-state index in [2.05, 4.69) is 60.0 Å². The van der Waals surface area contributed by atoms with Gasteiger partial charge in [-0.2, -0.15) is 0 Å². The van der Waals surface area contributed by atoms with Gasteiger partial charge in [0.15, 0.2) is 0 Å². The molecule has 1 N–H and O–H groups in total. The quantitative estimate of drug-likeness (QED) is 0.393.